The van der Waals surface area contributed by atoms with Crippen LogP contribution in [0.15, 0.2) is 17.5 Å². The van der Waals surface area contributed by atoms with Gasteiger partial charge in [0, 0.05) is 4.88 Å². The number of hydrogen-bond acceptors (Lipinski definition) is 4. The van der Waals surface area contributed by atoms with Crippen molar-refractivity contribution >= 4 is 24.0 Å². The van der Waals surface area contributed by atoms with Crippen molar-refractivity contribution in [2.75, 3.05) is 5.75 Å². The summed E-state index contributed by atoms with van der Waals surface area (Å²) in [6.07, 6.45) is -0.930. The number of thiophene rings is 1. The molecular formula is C8H12O2S2. The van der Waals surface area contributed by atoms with Crippen molar-refractivity contribution in [1.82, 2.24) is 0 Å². The fourth-order valence-electron chi connectivity index (χ4n) is 0.939. The monoisotopic (exact) mass is 204 g/mol. The van der Waals surface area contributed by atoms with Crippen LogP contribution in [-0.2, 0) is 0 Å². The quantitative estimate of drug-likeness (QED) is 0.650. The molecule has 1 rings (SSSR count). The molecular weight excluding hydrogens is 192 g/mol. The lowest BCUT2D eigenvalue weighted by molar-refractivity contribution is 0.0194. The molecule has 0 amide bonds. The molecule has 12 heavy (non-hydrogen) atoms. The van der Waals surface area contributed by atoms with Crippen LogP contribution in [-0.4, -0.2) is 22.1 Å². The molecule has 4 heteroatoms. The second-order valence-electron chi connectivity index (χ2n) is 2.54. The smallest absolute Gasteiger partial charge is 0.114 e. The zero-order chi connectivity index (χ0) is 8.97. The van der Waals surface area contributed by atoms with Gasteiger partial charge in [0.15, 0.2) is 0 Å². The van der Waals surface area contributed by atoms with Gasteiger partial charge < -0.3 is 10.2 Å². The molecule has 0 spiro atoms. The first-order chi connectivity index (χ1) is 5.75. The minimum Gasteiger partial charge on any atom is -0.390 e. The molecule has 68 valence electrons. The average Bonchev–Trinajstić information content (AvgIpc) is 2.55. The summed E-state index contributed by atoms with van der Waals surface area (Å²) in [4.78, 5) is 0.810. The summed E-state index contributed by atoms with van der Waals surface area (Å²) >= 11 is 5.43. The Morgan fingerprint density at radius 1 is 1.50 bits per heavy atom. The second kappa shape index (κ2) is 4.87. The number of aliphatic hydroxyl groups excluding tert-OH is 2. The summed E-state index contributed by atoms with van der Waals surface area (Å²) in [6, 6.07) is 3.67. The standard InChI is InChI=1S/C8H12O2S2/c9-6(3-4-11)8(10)7-2-1-5-12-7/h1-2,5-6,8-11H,3-4H2. The van der Waals surface area contributed by atoms with Gasteiger partial charge in [-0.25, -0.2) is 0 Å². The highest BCUT2D eigenvalue weighted by molar-refractivity contribution is 7.80. The molecule has 0 aliphatic rings. The lowest BCUT2D eigenvalue weighted by Gasteiger charge is -2.14. The first kappa shape index (κ1) is 10.1. The number of hydrogen-bond donors (Lipinski definition) is 3. The van der Waals surface area contributed by atoms with E-state index in [0.29, 0.717) is 12.2 Å². The molecule has 0 fully saturated rings. The van der Waals surface area contributed by atoms with E-state index < -0.39 is 12.2 Å². The number of rotatable bonds is 4. The molecule has 0 saturated carbocycles. The van der Waals surface area contributed by atoms with Crippen molar-refractivity contribution in [3.8, 4) is 0 Å². The number of aliphatic hydroxyl groups is 2. The summed E-state index contributed by atoms with van der Waals surface area (Å²) in [7, 11) is 0. The maximum absolute atomic E-state index is 9.54. The van der Waals surface area contributed by atoms with Gasteiger partial charge in [0.2, 0.25) is 0 Å². The van der Waals surface area contributed by atoms with Gasteiger partial charge in [-0.3, -0.25) is 0 Å². The van der Waals surface area contributed by atoms with Crippen molar-refractivity contribution in [3.05, 3.63) is 22.4 Å². The summed E-state index contributed by atoms with van der Waals surface area (Å²) in [6.45, 7) is 0. The van der Waals surface area contributed by atoms with Gasteiger partial charge in [0.25, 0.3) is 0 Å². The van der Waals surface area contributed by atoms with E-state index in [-0.39, 0.29) is 0 Å². The fourth-order valence-corrected chi connectivity index (χ4v) is 1.97. The van der Waals surface area contributed by atoms with Gasteiger partial charge in [-0.05, 0) is 23.6 Å². The predicted molar refractivity (Wildman–Crippen MR) is 53.8 cm³/mol. The Morgan fingerprint density at radius 2 is 2.25 bits per heavy atom. The Morgan fingerprint density at radius 3 is 2.75 bits per heavy atom. The Kier molecular flexibility index (Phi) is 4.08. The molecule has 2 N–H and O–H groups in total. The third-order valence-corrected chi connectivity index (χ3v) is 2.83. The first-order valence-corrected chi connectivity index (χ1v) is 5.27. The summed E-state index contributed by atoms with van der Waals surface area (Å²) in [5, 5.41) is 20.8. The Bertz CT molecular complexity index is 211. The van der Waals surface area contributed by atoms with Gasteiger partial charge in [-0.2, -0.15) is 12.6 Å². The van der Waals surface area contributed by atoms with Crippen LogP contribution in [0.5, 0.6) is 0 Å². The van der Waals surface area contributed by atoms with Gasteiger partial charge >= 0.3 is 0 Å². The van der Waals surface area contributed by atoms with E-state index in [1.54, 1.807) is 0 Å². The molecule has 0 aliphatic heterocycles. The highest BCUT2D eigenvalue weighted by Crippen LogP contribution is 2.23. The van der Waals surface area contributed by atoms with Gasteiger partial charge in [-0.1, -0.05) is 6.07 Å². The van der Waals surface area contributed by atoms with Crippen molar-refractivity contribution in [2.24, 2.45) is 0 Å². The summed E-state index contributed by atoms with van der Waals surface area (Å²) in [5.74, 6) is 0.587. The summed E-state index contributed by atoms with van der Waals surface area (Å²) < 4.78 is 0. The first-order valence-electron chi connectivity index (χ1n) is 3.76. The molecule has 2 unspecified atom stereocenters. The van der Waals surface area contributed by atoms with Gasteiger partial charge in [0.05, 0.1) is 6.10 Å². The van der Waals surface area contributed by atoms with Crippen LogP contribution in [0.4, 0.5) is 0 Å². The lowest BCUT2D eigenvalue weighted by atomic mass is 10.1. The normalized spacial score (nSPS) is 15.9. The maximum Gasteiger partial charge on any atom is 0.114 e. The van der Waals surface area contributed by atoms with Crippen LogP contribution in [0.25, 0.3) is 0 Å². The van der Waals surface area contributed by atoms with Gasteiger partial charge in [0.1, 0.15) is 6.10 Å². The largest absolute Gasteiger partial charge is 0.390 e. The minimum absolute atomic E-state index is 0.516. The Hall–Kier alpha value is -0.0300. The van der Waals surface area contributed by atoms with E-state index in [4.69, 9.17) is 0 Å². The molecule has 1 heterocycles. The zero-order valence-electron chi connectivity index (χ0n) is 6.55. The number of thiol groups is 1. The van der Waals surface area contributed by atoms with E-state index in [9.17, 15) is 10.2 Å². The molecule has 0 aromatic carbocycles. The minimum atomic E-state index is -0.753. The van der Waals surface area contributed by atoms with Crippen molar-refractivity contribution < 1.29 is 10.2 Å². The third kappa shape index (κ3) is 2.48. The zero-order valence-corrected chi connectivity index (χ0v) is 8.26. The Balaban J connectivity index is 2.53. The molecule has 1 aromatic rings. The van der Waals surface area contributed by atoms with Crippen molar-refractivity contribution in [3.63, 3.8) is 0 Å². The fraction of sp³-hybridized carbons (Fsp3) is 0.500. The topological polar surface area (TPSA) is 40.5 Å². The predicted octanol–water partition coefficient (Wildman–Crippen LogP) is 1.46. The van der Waals surface area contributed by atoms with Crippen molar-refractivity contribution in [2.45, 2.75) is 18.6 Å². The molecule has 1 aromatic heterocycles. The van der Waals surface area contributed by atoms with E-state index in [1.165, 1.54) is 11.3 Å². The van der Waals surface area contributed by atoms with Crippen molar-refractivity contribution in [1.29, 1.82) is 0 Å². The molecule has 2 nitrogen and oxygen atoms in total. The molecule has 0 aliphatic carbocycles. The SMILES string of the molecule is OC(CCS)C(O)c1cccs1. The second-order valence-corrected chi connectivity index (χ2v) is 3.97. The molecule has 0 saturated heterocycles. The molecule has 0 radical (unpaired) electrons. The summed E-state index contributed by atoms with van der Waals surface area (Å²) in [5.41, 5.74) is 0. The van der Waals surface area contributed by atoms with Crippen LogP contribution in [0.3, 0.4) is 0 Å². The van der Waals surface area contributed by atoms with Crippen LogP contribution in [0.1, 0.15) is 17.4 Å². The van der Waals surface area contributed by atoms with Crippen LogP contribution in [0, 0.1) is 0 Å². The average molecular weight is 204 g/mol. The van der Waals surface area contributed by atoms with E-state index in [1.807, 2.05) is 17.5 Å². The van der Waals surface area contributed by atoms with Crippen LogP contribution in [0.2, 0.25) is 0 Å². The van der Waals surface area contributed by atoms with E-state index in [2.05, 4.69) is 12.6 Å². The van der Waals surface area contributed by atoms with Gasteiger partial charge in [-0.15, -0.1) is 11.3 Å². The van der Waals surface area contributed by atoms with E-state index >= 15 is 0 Å². The third-order valence-electron chi connectivity index (χ3n) is 1.62. The molecule has 2 atom stereocenters. The highest BCUT2D eigenvalue weighted by Gasteiger charge is 2.17. The van der Waals surface area contributed by atoms with Crippen LogP contribution >= 0.6 is 24.0 Å². The highest BCUT2D eigenvalue weighted by atomic mass is 32.1. The molecule has 0 bridgehead atoms. The van der Waals surface area contributed by atoms with Crippen LogP contribution < -0.4 is 0 Å². The maximum atomic E-state index is 9.54. The Labute approximate surface area is 81.3 Å². The van der Waals surface area contributed by atoms with E-state index in [0.717, 1.165) is 4.88 Å². The lowest BCUT2D eigenvalue weighted by Crippen LogP contribution is -2.17.